The Morgan fingerprint density at radius 3 is 2.72 bits per heavy atom. The van der Waals surface area contributed by atoms with Crippen LogP contribution in [0.25, 0.3) is 0 Å². The molecule has 0 aromatic carbocycles. The summed E-state index contributed by atoms with van der Waals surface area (Å²) in [5.41, 5.74) is 7.48. The Labute approximate surface area is 166 Å². The molecule has 8 heteroatoms. The quantitative estimate of drug-likeness (QED) is 0.851. The zero-order chi connectivity index (χ0) is 20.7. The van der Waals surface area contributed by atoms with Gasteiger partial charge in [-0.1, -0.05) is 6.08 Å². The molecule has 2 aromatic heterocycles. The number of hydrogen-bond donors (Lipinski definition) is 1. The summed E-state index contributed by atoms with van der Waals surface area (Å²) in [5, 5.41) is 0. The molecule has 0 aliphatic heterocycles. The summed E-state index contributed by atoms with van der Waals surface area (Å²) in [5.74, 6) is -1.98. The molecule has 4 rings (SSSR count). The molecule has 2 N–H and O–H groups in total. The van der Waals surface area contributed by atoms with Crippen LogP contribution in [0.5, 0.6) is 5.88 Å². The van der Waals surface area contributed by atoms with Crippen molar-refractivity contribution < 1.29 is 18.3 Å². The van der Waals surface area contributed by atoms with E-state index in [1.165, 1.54) is 31.4 Å². The average Bonchev–Trinajstić information content (AvgIpc) is 2.67. The van der Waals surface area contributed by atoms with Crippen LogP contribution in [0.2, 0.25) is 0 Å². The van der Waals surface area contributed by atoms with Gasteiger partial charge in [0.2, 0.25) is 11.8 Å². The van der Waals surface area contributed by atoms with Crippen LogP contribution >= 0.6 is 0 Å². The van der Waals surface area contributed by atoms with Gasteiger partial charge in [0, 0.05) is 18.4 Å². The Kier molecular flexibility index (Phi) is 4.86. The van der Waals surface area contributed by atoms with Gasteiger partial charge in [0.1, 0.15) is 11.6 Å². The van der Waals surface area contributed by atoms with Crippen LogP contribution in [0.4, 0.5) is 14.7 Å². The van der Waals surface area contributed by atoms with Crippen molar-refractivity contribution in [1.82, 2.24) is 15.0 Å². The van der Waals surface area contributed by atoms with Crippen molar-refractivity contribution in [3.8, 4) is 5.88 Å². The molecule has 0 fully saturated rings. The Morgan fingerprint density at radius 1 is 1.17 bits per heavy atom. The highest BCUT2D eigenvalue weighted by Crippen LogP contribution is 2.42. The normalized spacial score (nSPS) is 23.5. The van der Waals surface area contributed by atoms with Gasteiger partial charge in [-0.25, -0.2) is 23.7 Å². The van der Waals surface area contributed by atoms with Crippen LogP contribution in [-0.4, -0.2) is 27.8 Å². The number of aromatic nitrogens is 3. The van der Waals surface area contributed by atoms with Crippen LogP contribution in [0.3, 0.4) is 0 Å². The third-order valence-corrected chi connectivity index (χ3v) is 5.51. The number of Topliss-reactive ketones (excluding diaryl/α,β-unsaturated/α-hetero) is 1. The fourth-order valence-corrected chi connectivity index (χ4v) is 4.26. The number of hydrogen-bond acceptors (Lipinski definition) is 6. The van der Waals surface area contributed by atoms with Crippen molar-refractivity contribution in [1.29, 1.82) is 0 Å². The zero-order valence-electron chi connectivity index (χ0n) is 16.0. The molecule has 150 valence electrons. The SMILES string of the molecule is COc1ccc(F)c(C2C=C(F)C=CC2[C@H]2CC(=O)c3c(C)nc(N)nc3C2)n1. The number of allylic oxidation sites excluding steroid dienone is 4. The van der Waals surface area contributed by atoms with E-state index in [9.17, 15) is 13.6 Å². The number of halogens is 2. The largest absolute Gasteiger partial charge is 0.481 e. The summed E-state index contributed by atoms with van der Waals surface area (Å²) in [7, 11) is 1.43. The first kappa shape index (κ1) is 19.2. The van der Waals surface area contributed by atoms with Gasteiger partial charge in [-0.05, 0) is 43.4 Å². The summed E-state index contributed by atoms with van der Waals surface area (Å²) in [6.45, 7) is 1.73. The molecule has 2 aliphatic carbocycles. The third-order valence-electron chi connectivity index (χ3n) is 5.51. The maximum Gasteiger partial charge on any atom is 0.220 e. The zero-order valence-corrected chi connectivity index (χ0v) is 16.0. The lowest BCUT2D eigenvalue weighted by Gasteiger charge is -2.34. The van der Waals surface area contributed by atoms with Crippen molar-refractivity contribution in [2.24, 2.45) is 11.8 Å². The van der Waals surface area contributed by atoms with Crippen LogP contribution in [0.15, 0.2) is 36.2 Å². The number of nitrogen functional groups attached to an aromatic ring is 1. The van der Waals surface area contributed by atoms with E-state index in [-0.39, 0.29) is 41.6 Å². The standard InChI is InChI=1S/C21H20F2N4O2/c1-10-19-16(26-21(24)25-10)7-11(8-17(19)28)13-4-3-12(22)9-14(13)20-15(23)5-6-18(27-20)29-2/h3-6,9,11,13-14H,7-8H2,1-2H3,(H2,24,25,26)/t11-,13?,14?/m1/s1. The van der Waals surface area contributed by atoms with E-state index >= 15 is 0 Å². The molecule has 0 spiro atoms. The number of nitrogens with two attached hydrogens (primary N) is 1. The highest BCUT2D eigenvalue weighted by atomic mass is 19.1. The second-order valence-electron chi connectivity index (χ2n) is 7.31. The number of carbonyl (C=O) groups is 1. The number of carbonyl (C=O) groups excluding carboxylic acids is 1. The summed E-state index contributed by atoms with van der Waals surface area (Å²) in [6.07, 6.45) is 5.06. The number of rotatable bonds is 3. The first-order chi connectivity index (χ1) is 13.9. The number of pyridine rings is 1. The summed E-state index contributed by atoms with van der Waals surface area (Å²) in [4.78, 5) is 25.3. The van der Waals surface area contributed by atoms with E-state index in [0.29, 0.717) is 23.4 Å². The molecule has 29 heavy (non-hydrogen) atoms. The molecular formula is C21H20F2N4O2. The number of methoxy groups -OCH3 is 1. The van der Waals surface area contributed by atoms with Crippen LogP contribution < -0.4 is 10.5 Å². The molecule has 3 atom stereocenters. The van der Waals surface area contributed by atoms with Gasteiger partial charge in [0.15, 0.2) is 5.78 Å². The highest BCUT2D eigenvalue weighted by molar-refractivity contribution is 5.99. The fraction of sp³-hybridized carbons (Fsp3) is 0.333. The van der Waals surface area contributed by atoms with Crippen LogP contribution in [0.1, 0.15) is 39.8 Å². The Morgan fingerprint density at radius 2 is 1.97 bits per heavy atom. The number of ketones is 1. The van der Waals surface area contributed by atoms with E-state index in [1.54, 1.807) is 13.0 Å². The number of nitrogens with zero attached hydrogens (tertiary/aromatic N) is 3. The summed E-state index contributed by atoms with van der Waals surface area (Å²) in [6, 6.07) is 2.66. The summed E-state index contributed by atoms with van der Waals surface area (Å²) < 4.78 is 33.8. The number of fused-ring (bicyclic) bond motifs is 1. The Balaban J connectivity index is 1.74. The fourth-order valence-electron chi connectivity index (χ4n) is 4.26. The second kappa shape index (κ2) is 7.35. The molecular weight excluding hydrogens is 378 g/mol. The minimum atomic E-state index is -0.672. The topological polar surface area (TPSA) is 91.0 Å². The average molecular weight is 398 g/mol. The van der Waals surface area contributed by atoms with Crippen molar-refractivity contribution in [3.05, 3.63) is 64.7 Å². The van der Waals surface area contributed by atoms with Crippen molar-refractivity contribution in [3.63, 3.8) is 0 Å². The van der Waals surface area contributed by atoms with Crippen molar-refractivity contribution in [2.75, 3.05) is 12.8 Å². The Bertz CT molecular complexity index is 1050. The summed E-state index contributed by atoms with van der Waals surface area (Å²) >= 11 is 0. The maximum absolute atomic E-state index is 14.6. The van der Waals surface area contributed by atoms with Gasteiger partial charge >= 0.3 is 0 Å². The smallest absolute Gasteiger partial charge is 0.220 e. The lowest BCUT2D eigenvalue weighted by atomic mass is 9.70. The monoisotopic (exact) mass is 398 g/mol. The van der Waals surface area contributed by atoms with Crippen molar-refractivity contribution in [2.45, 2.75) is 25.7 Å². The van der Waals surface area contributed by atoms with E-state index in [0.717, 1.165) is 0 Å². The lowest BCUT2D eigenvalue weighted by Crippen LogP contribution is -2.32. The highest BCUT2D eigenvalue weighted by Gasteiger charge is 2.38. The minimum absolute atomic E-state index is 0.0880. The number of aryl methyl sites for hydroxylation is 1. The molecule has 2 unspecified atom stereocenters. The first-order valence-electron chi connectivity index (χ1n) is 9.29. The van der Waals surface area contributed by atoms with E-state index < -0.39 is 17.6 Å². The maximum atomic E-state index is 14.6. The molecule has 2 aromatic rings. The van der Waals surface area contributed by atoms with Gasteiger partial charge in [-0.3, -0.25) is 4.79 Å². The molecule has 6 nitrogen and oxygen atoms in total. The molecule has 2 aliphatic rings. The third kappa shape index (κ3) is 3.50. The van der Waals surface area contributed by atoms with Crippen LogP contribution in [0, 0.1) is 24.6 Å². The van der Waals surface area contributed by atoms with Crippen LogP contribution in [-0.2, 0) is 6.42 Å². The predicted molar refractivity (Wildman–Crippen MR) is 103 cm³/mol. The molecule has 0 bridgehead atoms. The van der Waals surface area contributed by atoms with E-state index in [4.69, 9.17) is 10.5 Å². The van der Waals surface area contributed by atoms with E-state index in [1.807, 2.05) is 0 Å². The van der Waals surface area contributed by atoms with Gasteiger partial charge in [0.25, 0.3) is 0 Å². The Hall–Kier alpha value is -3.16. The second-order valence-corrected chi connectivity index (χ2v) is 7.31. The van der Waals surface area contributed by atoms with Crippen molar-refractivity contribution >= 4 is 11.7 Å². The number of anilines is 1. The van der Waals surface area contributed by atoms with E-state index in [2.05, 4.69) is 15.0 Å². The predicted octanol–water partition coefficient (Wildman–Crippen LogP) is 3.48. The van der Waals surface area contributed by atoms with Gasteiger partial charge in [-0.15, -0.1) is 0 Å². The molecule has 0 radical (unpaired) electrons. The molecule has 0 saturated heterocycles. The molecule has 0 amide bonds. The van der Waals surface area contributed by atoms with Gasteiger partial charge in [-0.2, -0.15) is 0 Å². The first-order valence-corrected chi connectivity index (χ1v) is 9.29. The minimum Gasteiger partial charge on any atom is -0.481 e. The molecule has 2 heterocycles. The van der Waals surface area contributed by atoms with Gasteiger partial charge in [0.05, 0.1) is 29.8 Å². The number of ether oxygens (including phenoxy) is 1. The molecule has 0 saturated carbocycles. The lowest BCUT2D eigenvalue weighted by molar-refractivity contribution is 0.0929. The van der Waals surface area contributed by atoms with Gasteiger partial charge < -0.3 is 10.5 Å².